The monoisotopic (exact) mass is 419 g/mol. The third-order valence-corrected chi connectivity index (χ3v) is 6.92. The van der Waals surface area contributed by atoms with Crippen molar-refractivity contribution in [1.82, 2.24) is 4.98 Å². The summed E-state index contributed by atoms with van der Waals surface area (Å²) in [6.07, 6.45) is 0. The van der Waals surface area contributed by atoms with E-state index >= 15 is 0 Å². The van der Waals surface area contributed by atoms with Crippen LogP contribution in [0.25, 0.3) is 21.8 Å². The topological polar surface area (TPSA) is 15.8 Å². The van der Waals surface area contributed by atoms with E-state index in [9.17, 15) is 0 Å². The van der Waals surface area contributed by atoms with Gasteiger partial charge in [-0.1, -0.05) is 40.2 Å². The van der Waals surface area contributed by atoms with Gasteiger partial charge < -0.3 is 4.98 Å². The molecular weight excluding hydrogens is 410 g/mol. The van der Waals surface area contributed by atoms with Crippen molar-refractivity contribution in [2.75, 3.05) is 0 Å². The molecule has 0 bridgehead atoms. The van der Waals surface area contributed by atoms with Gasteiger partial charge in [0.05, 0.1) is 4.83 Å². The maximum atomic E-state index is 3.83. The lowest BCUT2D eigenvalue weighted by Crippen LogP contribution is -1.90. The molecule has 4 aromatic rings. The molecular formula is C17H11Br2NS. The van der Waals surface area contributed by atoms with Gasteiger partial charge in [-0.3, -0.25) is 0 Å². The van der Waals surface area contributed by atoms with Crippen LogP contribution >= 0.6 is 43.2 Å². The molecule has 2 aromatic heterocycles. The molecule has 1 N–H and O–H groups in total. The first-order chi connectivity index (χ1) is 10.2. The van der Waals surface area contributed by atoms with E-state index in [1.807, 2.05) is 0 Å². The SMILES string of the molecule is Brc1ccsc1C(Br)c1ccc2[nH]c3ccccc3c2c1. The number of alkyl halides is 1. The summed E-state index contributed by atoms with van der Waals surface area (Å²) in [6.45, 7) is 0. The Balaban J connectivity index is 1.90. The van der Waals surface area contributed by atoms with Gasteiger partial charge in [0.15, 0.2) is 0 Å². The van der Waals surface area contributed by atoms with Crippen LogP contribution in [0.4, 0.5) is 0 Å². The summed E-state index contributed by atoms with van der Waals surface area (Å²) < 4.78 is 1.16. The highest BCUT2D eigenvalue weighted by Gasteiger charge is 2.16. The predicted octanol–water partition coefficient (Wildman–Crippen LogP) is 6.63. The first kappa shape index (κ1) is 13.6. The number of aromatic nitrogens is 1. The van der Waals surface area contributed by atoms with Crippen LogP contribution in [0.2, 0.25) is 0 Å². The number of hydrogen-bond donors (Lipinski definition) is 1. The minimum atomic E-state index is 0.213. The number of rotatable bonds is 2. The Bertz CT molecular complexity index is 938. The average molecular weight is 421 g/mol. The third kappa shape index (κ3) is 2.26. The van der Waals surface area contributed by atoms with Gasteiger partial charge in [0, 0.05) is 31.2 Å². The number of aromatic amines is 1. The first-order valence-corrected chi connectivity index (χ1v) is 9.20. The number of H-pyrrole nitrogens is 1. The van der Waals surface area contributed by atoms with E-state index in [0.29, 0.717) is 0 Å². The molecule has 0 fully saturated rings. The molecule has 0 saturated heterocycles. The van der Waals surface area contributed by atoms with Crippen LogP contribution in [0.15, 0.2) is 58.4 Å². The van der Waals surface area contributed by atoms with E-state index in [4.69, 9.17) is 0 Å². The van der Waals surface area contributed by atoms with E-state index < -0.39 is 0 Å². The van der Waals surface area contributed by atoms with E-state index in [-0.39, 0.29) is 4.83 Å². The summed E-state index contributed by atoms with van der Waals surface area (Å²) in [5.74, 6) is 0. The molecule has 4 rings (SSSR count). The van der Waals surface area contributed by atoms with E-state index in [0.717, 1.165) is 4.47 Å². The lowest BCUT2D eigenvalue weighted by molar-refractivity contribution is 1.22. The minimum Gasteiger partial charge on any atom is -0.355 e. The molecule has 0 aliphatic rings. The number of hydrogen-bond acceptors (Lipinski definition) is 1. The van der Waals surface area contributed by atoms with E-state index in [1.54, 1.807) is 11.3 Å². The number of para-hydroxylation sites is 1. The van der Waals surface area contributed by atoms with Crippen molar-refractivity contribution < 1.29 is 0 Å². The van der Waals surface area contributed by atoms with Gasteiger partial charge in [0.1, 0.15) is 0 Å². The Hall–Kier alpha value is -1.10. The van der Waals surface area contributed by atoms with Crippen LogP contribution in [-0.2, 0) is 0 Å². The van der Waals surface area contributed by atoms with Crippen LogP contribution in [-0.4, -0.2) is 4.98 Å². The fraction of sp³-hybridized carbons (Fsp3) is 0.0588. The Morgan fingerprint density at radius 3 is 2.57 bits per heavy atom. The van der Waals surface area contributed by atoms with Crippen LogP contribution < -0.4 is 0 Å². The maximum absolute atomic E-state index is 3.83. The van der Waals surface area contributed by atoms with Crippen molar-refractivity contribution in [3.63, 3.8) is 0 Å². The Kier molecular flexibility index (Phi) is 3.40. The summed E-state index contributed by atoms with van der Waals surface area (Å²) in [7, 11) is 0. The fourth-order valence-corrected chi connectivity index (χ4v) is 5.43. The highest BCUT2D eigenvalue weighted by atomic mass is 79.9. The molecule has 0 spiro atoms. The number of fused-ring (bicyclic) bond motifs is 3. The second kappa shape index (κ2) is 5.27. The largest absolute Gasteiger partial charge is 0.355 e. The molecule has 0 amide bonds. The van der Waals surface area contributed by atoms with Gasteiger partial charge in [0.25, 0.3) is 0 Å². The second-order valence-electron chi connectivity index (χ2n) is 4.97. The standard InChI is InChI=1S/C17H11Br2NS/c18-13-7-8-21-17(13)16(19)10-5-6-15-12(9-10)11-3-1-2-4-14(11)20-15/h1-9,16,20H. The molecule has 2 heterocycles. The van der Waals surface area contributed by atoms with Gasteiger partial charge in [-0.25, -0.2) is 0 Å². The molecule has 0 radical (unpaired) electrons. The number of thiophene rings is 1. The van der Waals surface area contributed by atoms with Crippen LogP contribution in [0, 0.1) is 0 Å². The summed E-state index contributed by atoms with van der Waals surface area (Å²) in [6, 6.07) is 17.2. The molecule has 0 saturated carbocycles. The van der Waals surface area contributed by atoms with E-state index in [2.05, 4.69) is 90.8 Å². The lowest BCUT2D eigenvalue weighted by Gasteiger charge is -2.09. The van der Waals surface area contributed by atoms with Crippen molar-refractivity contribution in [3.8, 4) is 0 Å². The Morgan fingerprint density at radius 2 is 1.76 bits per heavy atom. The fourth-order valence-electron chi connectivity index (χ4n) is 2.66. The van der Waals surface area contributed by atoms with Crippen LogP contribution in [0.5, 0.6) is 0 Å². The van der Waals surface area contributed by atoms with Crippen molar-refractivity contribution in [2.45, 2.75) is 4.83 Å². The normalized spacial score (nSPS) is 13.0. The molecule has 0 aliphatic carbocycles. The quantitative estimate of drug-likeness (QED) is 0.350. The zero-order valence-electron chi connectivity index (χ0n) is 10.9. The highest BCUT2D eigenvalue weighted by molar-refractivity contribution is 9.11. The molecule has 4 heteroatoms. The zero-order chi connectivity index (χ0) is 14.4. The van der Waals surface area contributed by atoms with Gasteiger partial charge in [-0.05, 0) is 51.1 Å². The molecule has 21 heavy (non-hydrogen) atoms. The number of benzene rings is 2. The van der Waals surface area contributed by atoms with Crippen molar-refractivity contribution in [2.24, 2.45) is 0 Å². The minimum absolute atomic E-state index is 0.213. The summed E-state index contributed by atoms with van der Waals surface area (Å²) in [5.41, 5.74) is 3.65. The molecule has 1 nitrogen and oxygen atoms in total. The summed E-state index contributed by atoms with van der Waals surface area (Å²) >= 11 is 9.21. The number of halogens is 2. The average Bonchev–Trinajstić information content (AvgIpc) is 3.09. The molecule has 2 aromatic carbocycles. The van der Waals surface area contributed by atoms with Crippen molar-refractivity contribution in [3.05, 3.63) is 68.8 Å². The first-order valence-electron chi connectivity index (χ1n) is 6.61. The van der Waals surface area contributed by atoms with Gasteiger partial charge in [-0.15, -0.1) is 11.3 Å². The van der Waals surface area contributed by atoms with Crippen LogP contribution in [0.3, 0.4) is 0 Å². The molecule has 1 unspecified atom stereocenters. The summed E-state index contributed by atoms with van der Waals surface area (Å²) in [4.78, 5) is 4.98. The Labute approximate surface area is 143 Å². The van der Waals surface area contributed by atoms with Crippen LogP contribution in [0.1, 0.15) is 15.3 Å². The lowest BCUT2D eigenvalue weighted by atomic mass is 10.1. The second-order valence-corrected chi connectivity index (χ2v) is 7.69. The maximum Gasteiger partial charge on any atom is 0.0749 e. The van der Waals surface area contributed by atoms with Crippen molar-refractivity contribution >= 4 is 65.0 Å². The van der Waals surface area contributed by atoms with E-state index in [1.165, 1.54) is 32.2 Å². The van der Waals surface area contributed by atoms with Crippen molar-refractivity contribution in [1.29, 1.82) is 0 Å². The third-order valence-electron chi connectivity index (χ3n) is 3.70. The summed E-state index contributed by atoms with van der Waals surface area (Å²) in [5, 5.41) is 4.66. The molecule has 104 valence electrons. The van der Waals surface area contributed by atoms with Gasteiger partial charge in [0.2, 0.25) is 0 Å². The molecule has 1 atom stereocenters. The predicted molar refractivity (Wildman–Crippen MR) is 98.6 cm³/mol. The zero-order valence-corrected chi connectivity index (χ0v) is 14.9. The Morgan fingerprint density at radius 1 is 0.952 bits per heavy atom. The highest BCUT2D eigenvalue weighted by Crippen LogP contribution is 2.40. The van der Waals surface area contributed by atoms with Gasteiger partial charge in [-0.2, -0.15) is 0 Å². The smallest absolute Gasteiger partial charge is 0.0749 e. The number of nitrogens with one attached hydrogen (secondary N) is 1. The molecule has 0 aliphatic heterocycles. The van der Waals surface area contributed by atoms with Gasteiger partial charge >= 0.3 is 0 Å².